The van der Waals surface area contributed by atoms with Crippen molar-refractivity contribution < 1.29 is 4.79 Å². The highest BCUT2D eigenvalue weighted by Gasteiger charge is 2.19. The number of rotatable bonds is 2. The van der Waals surface area contributed by atoms with Crippen LogP contribution in [-0.4, -0.2) is 15.7 Å². The maximum atomic E-state index is 12.3. The molecule has 1 heterocycles. The van der Waals surface area contributed by atoms with Gasteiger partial charge < -0.3 is 5.32 Å². The molecule has 1 N–H and O–H groups in total. The summed E-state index contributed by atoms with van der Waals surface area (Å²) in [6.07, 6.45) is 0. The van der Waals surface area contributed by atoms with Gasteiger partial charge in [0.2, 0.25) is 0 Å². The Morgan fingerprint density at radius 3 is 2.32 bits per heavy atom. The first-order valence-corrected chi connectivity index (χ1v) is 6.43. The number of amides is 1. The van der Waals surface area contributed by atoms with E-state index < -0.39 is 0 Å². The Morgan fingerprint density at radius 2 is 1.84 bits per heavy atom. The minimum absolute atomic E-state index is 0.266. The fourth-order valence-corrected chi connectivity index (χ4v) is 2.39. The molecule has 0 aliphatic heterocycles. The summed E-state index contributed by atoms with van der Waals surface area (Å²) in [6.45, 7) is 3.62. The van der Waals surface area contributed by atoms with Crippen LogP contribution in [0.3, 0.4) is 0 Å². The molecule has 0 saturated heterocycles. The van der Waals surface area contributed by atoms with Gasteiger partial charge in [0.15, 0.2) is 0 Å². The smallest absolute Gasteiger partial charge is 0.259 e. The van der Waals surface area contributed by atoms with Crippen molar-refractivity contribution >= 4 is 34.8 Å². The molecule has 0 aliphatic carbocycles. The first-order valence-electron chi connectivity index (χ1n) is 5.67. The van der Waals surface area contributed by atoms with Crippen molar-refractivity contribution in [2.24, 2.45) is 7.05 Å². The molecular weight excluding hydrogens is 285 g/mol. The zero-order valence-electron chi connectivity index (χ0n) is 10.8. The van der Waals surface area contributed by atoms with Gasteiger partial charge in [-0.2, -0.15) is 5.10 Å². The maximum Gasteiger partial charge on any atom is 0.259 e. The largest absolute Gasteiger partial charge is 0.319 e. The number of nitrogens with one attached hydrogen (secondary N) is 1. The molecule has 0 fully saturated rings. The fraction of sp³-hybridized carbons (Fsp3) is 0.231. The third kappa shape index (κ3) is 2.60. The van der Waals surface area contributed by atoms with Crippen LogP contribution in [0.5, 0.6) is 0 Å². The third-order valence-electron chi connectivity index (χ3n) is 2.94. The van der Waals surface area contributed by atoms with Gasteiger partial charge in [0, 0.05) is 12.7 Å². The fourth-order valence-electron chi connectivity index (χ4n) is 1.90. The zero-order valence-corrected chi connectivity index (χ0v) is 12.3. The van der Waals surface area contributed by atoms with E-state index in [4.69, 9.17) is 23.2 Å². The first-order chi connectivity index (χ1) is 8.91. The molecular formula is C13H13Cl2N3O. The predicted molar refractivity (Wildman–Crippen MR) is 77.1 cm³/mol. The summed E-state index contributed by atoms with van der Waals surface area (Å²) >= 11 is 12.1. The van der Waals surface area contributed by atoms with Crippen LogP contribution in [0.1, 0.15) is 21.7 Å². The minimum Gasteiger partial charge on any atom is -0.319 e. The van der Waals surface area contributed by atoms with E-state index in [1.54, 1.807) is 36.9 Å². The lowest BCUT2D eigenvalue weighted by Crippen LogP contribution is -2.14. The zero-order chi connectivity index (χ0) is 14.2. The highest BCUT2D eigenvalue weighted by molar-refractivity contribution is 6.40. The van der Waals surface area contributed by atoms with Gasteiger partial charge in [-0.1, -0.05) is 29.3 Å². The molecule has 1 aromatic heterocycles. The van der Waals surface area contributed by atoms with E-state index in [1.165, 1.54) is 0 Å². The number of aromatic nitrogens is 2. The second kappa shape index (κ2) is 5.23. The maximum absolute atomic E-state index is 12.3. The number of hydrogen-bond acceptors (Lipinski definition) is 2. The minimum atomic E-state index is -0.266. The number of aryl methyl sites for hydroxylation is 2. The molecule has 2 aromatic rings. The summed E-state index contributed by atoms with van der Waals surface area (Å²) in [5.41, 5.74) is 2.41. The van der Waals surface area contributed by atoms with Crippen LogP contribution < -0.4 is 5.32 Å². The van der Waals surface area contributed by atoms with Crippen LogP contribution in [0, 0.1) is 13.8 Å². The van der Waals surface area contributed by atoms with E-state index in [0.29, 0.717) is 27.0 Å². The molecule has 0 bridgehead atoms. The summed E-state index contributed by atoms with van der Waals surface area (Å²) in [5, 5.41) is 7.75. The molecule has 19 heavy (non-hydrogen) atoms. The Kier molecular flexibility index (Phi) is 3.83. The second-order valence-corrected chi connectivity index (χ2v) is 5.03. The van der Waals surface area contributed by atoms with Crippen molar-refractivity contribution in [2.75, 3.05) is 5.32 Å². The Labute approximate surface area is 121 Å². The number of para-hydroxylation sites is 1. The first kappa shape index (κ1) is 13.9. The second-order valence-electron chi connectivity index (χ2n) is 4.22. The standard InChI is InChI=1S/C13H13Cl2N3O/c1-7-11(8(2)18(3)17-7)13(19)16-12-9(14)5-4-6-10(12)15/h4-6H,1-3H3,(H,16,19). The molecule has 6 heteroatoms. The summed E-state index contributed by atoms with van der Waals surface area (Å²) < 4.78 is 1.67. The third-order valence-corrected chi connectivity index (χ3v) is 3.57. The number of halogens is 2. The quantitative estimate of drug-likeness (QED) is 0.921. The van der Waals surface area contributed by atoms with E-state index in [2.05, 4.69) is 10.4 Å². The predicted octanol–water partition coefficient (Wildman–Crippen LogP) is 3.60. The number of anilines is 1. The Balaban J connectivity index is 2.36. The number of carbonyl (C=O) groups excluding carboxylic acids is 1. The van der Waals surface area contributed by atoms with Crippen molar-refractivity contribution in [3.63, 3.8) is 0 Å². The highest BCUT2D eigenvalue weighted by Crippen LogP contribution is 2.30. The molecule has 4 nitrogen and oxygen atoms in total. The molecule has 0 spiro atoms. The molecule has 0 unspecified atom stereocenters. The van der Waals surface area contributed by atoms with Crippen LogP contribution in [0.25, 0.3) is 0 Å². The lowest BCUT2D eigenvalue weighted by atomic mass is 10.2. The van der Waals surface area contributed by atoms with Crippen molar-refractivity contribution in [3.05, 3.63) is 45.2 Å². The lowest BCUT2D eigenvalue weighted by Gasteiger charge is -2.09. The molecule has 2 rings (SSSR count). The number of carbonyl (C=O) groups is 1. The van der Waals surface area contributed by atoms with Crippen molar-refractivity contribution in [3.8, 4) is 0 Å². The molecule has 0 atom stereocenters. The SMILES string of the molecule is Cc1nn(C)c(C)c1C(=O)Nc1c(Cl)cccc1Cl. The average molecular weight is 298 g/mol. The number of hydrogen-bond donors (Lipinski definition) is 1. The monoisotopic (exact) mass is 297 g/mol. The molecule has 1 aromatic carbocycles. The molecule has 100 valence electrons. The van der Waals surface area contributed by atoms with Gasteiger partial charge in [0.25, 0.3) is 5.91 Å². The van der Waals surface area contributed by atoms with E-state index in [0.717, 1.165) is 5.69 Å². The van der Waals surface area contributed by atoms with Crippen LogP contribution in [0.15, 0.2) is 18.2 Å². The van der Waals surface area contributed by atoms with E-state index in [1.807, 2.05) is 6.92 Å². The van der Waals surface area contributed by atoms with Gasteiger partial charge in [0.05, 0.1) is 27.0 Å². The average Bonchev–Trinajstić information content (AvgIpc) is 2.58. The van der Waals surface area contributed by atoms with Gasteiger partial charge in [-0.15, -0.1) is 0 Å². The topological polar surface area (TPSA) is 46.9 Å². The summed E-state index contributed by atoms with van der Waals surface area (Å²) in [5.74, 6) is -0.266. The van der Waals surface area contributed by atoms with Crippen molar-refractivity contribution in [1.82, 2.24) is 9.78 Å². The summed E-state index contributed by atoms with van der Waals surface area (Å²) in [7, 11) is 1.79. The molecule has 1 amide bonds. The highest BCUT2D eigenvalue weighted by atomic mass is 35.5. The Hall–Kier alpha value is -1.52. The van der Waals surface area contributed by atoms with Crippen molar-refractivity contribution in [2.45, 2.75) is 13.8 Å². The lowest BCUT2D eigenvalue weighted by molar-refractivity contribution is 0.102. The summed E-state index contributed by atoms with van der Waals surface area (Å²) in [4.78, 5) is 12.3. The van der Waals surface area contributed by atoms with Gasteiger partial charge >= 0.3 is 0 Å². The number of nitrogens with zero attached hydrogens (tertiary/aromatic N) is 2. The van der Waals surface area contributed by atoms with Crippen LogP contribution >= 0.6 is 23.2 Å². The van der Waals surface area contributed by atoms with Gasteiger partial charge in [-0.05, 0) is 26.0 Å². The van der Waals surface area contributed by atoms with Gasteiger partial charge in [0.1, 0.15) is 0 Å². The van der Waals surface area contributed by atoms with E-state index in [-0.39, 0.29) is 5.91 Å². The van der Waals surface area contributed by atoms with Crippen LogP contribution in [0.2, 0.25) is 10.0 Å². The normalized spacial score (nSPS) is 10.6. The van der Waals surface area contributed by atoms with Crippen LogP contribution in [-0.2, 0) is 7.05 Å². The van der Waals surface area contributed by atoms with E-state index in [9.17, 15) is 4.79 Å². The molecule has 0 saturated carbocycles. The molecule has 0 radical (unpaired) electrons. The van der Waals surface area contributed by atoms with Crippen LogP contribution in [0.4, 0.5) is 5.69 Å². The van der Waals surface area contributed by atoms with Gasteiger partial charge in [-0.3, -0.25) is 9.48 Å². The summed E-state index contributed by atoms with van der Waals surface area (Å²) in [6, 6.07) is 5.07. The van der Waals surface area contributed by atoms with Crippen molar-refractivity contribution in [1.29, 1.82) is 0 Å². The molecule has 0 aliphatic rings. The van der Waals surface area contributed by atoms with Gasteiger partial charge in [-0.25, -0.2) is 0 Å². The Bertz CT molecular complexity index is 629. The van der Waals surface area contributed by atoms with E-state index >= 15 is 0 Å². The number of benzene rings is 1. The Morgan fingerprint density at radius 1 is 1.26 bits per heavy atom.